The molecule has 3 N–H and O–H groups in total. The highest BCUT2D eigenvalue weighted by Crippen LogP contribution is 2.29. The van der Waals surface area contributed by atoms with E-state index in [-0.39, 0.29) is 37.3 Å². The molecule has 8 nitrogen and oxygen atoms in total. The summed E-state index contributed by atoms with van der Waals surface area (Å²) in [6.07, 6.45) is 1.70. The van der Waals surface area contributed by atoms with Crippen LogP contribution in [0, 0.1) is 6.92 Å². The number of hydrogen-bond donors (Lipinski definition) is 2. The fourth-order valence-electron chi connectivity index (χ4n) is 3.45. The summed E-state index contributed by atoms with van der Waals surface area (Å²) in [6, 6.07) is 1.27. The second kappa shape index (κ2) is 11.0. The number of nitrogens with two attached hydrogens (primary N) is 1. The number of anilines is 1. The molecule has 2 aliphatic heterocycles. The molecule has 1 aromatic rings. The van der Waals surface area contributed by atoms with Crippen LogP contribution in [-0.2, 0) is 9.53 Å². The lowest BCUT2D eigenvalue weighted by atomic mass is 9.92. The highest BCUT2D eigenvalue weighted by atomic mass is 35.5. The van der Waals surface area contributed by atoms with Gasteiger partial charge in [-0.05, 0) is 19.8 Å². The molecule has 1 aromatic heterocycles. The monoisotopic (exact) mass is 421 g/mol. The van der Waals surface area contributed by atoms with E-state index in [0.717, 1.165) is 56.5 Å². The van der Waals surface area contributed by atoms with Gasteiger partial charge in [0.05, 0.1) is 19.8 Å². The number of halogens is 2. The van der Waals surface area contributed by atoms with Crippen LogP contribution in [0.2, 0.25) is 0 Å². The molecule has 0 bridgehead atoms. The SMILES string of the molecule is Cc1nc(C2CCN(C(=O)[C@H](N)CO)CC2)cc(N2CCOCC2)n1.Cl.Cl. The molecule has 3 rings (SSSR count). The van der Waals surface area contributed by atoms with E-state index in [1.807, 2.05) is 6.92 Å². The molecule has 0 aliphatic carbocycles. The maximum atomic E-state index is 12.1. The van der Waals surface area contributed by atoms with Crippen molar-refractivity contribution in [3.8, 4) is 0 Å². The van der Waals surface area contributed by atoms with Crippen LogP contribution in [0.4, 0.5) is 5.82 Å². The van der Waals surface area contributed by atoms with Crippen molar-refractivity contribution < 1.29 is 14.6 Å². The lowest BCUT2D eigenvalue weighted by Crippen LogP contribution is -2.48. The Morgan fingerprint density at radius 3 is 2.48 bits per heavy atom. The zero-order chi connectivity index (χ0) is 17.8. The molecule has 0 aromatic carbocycles. The number of piperidine rings is 1. The Morgan fingerprint density at radius 2 is 1.89 bits per heavy atom. The third-order valence-electron chi connectivity index (χ3n) is 4.92. The molecule has 3 heterocycles. The van der Waals surface area contributed by atoms with E-state index in [1.54, 1.807) is 4.90 Å². The van der Waals surface area contributed by atoms with Gasteiger partial charge in [-0.15, -0.1) is 24.8 Å². The fourth-order valence-corrected chi connectivity index (χ4v) is 3.45. The van der Waals surface area contributed by atoms with Gasteiger partial charge in [0.15, 0.2) is 0 Å². The Balaban J connectivity index is 0.00000182. The lowest BCUT2D eigenvalue weighted by Gasteiger charge is -2.33. The minimum absolute atomic E-state index is 0. The number of morpholine rings is 1. The average molecular weight is 422 g/mol. The van der Waals surface area contributed by atoms with Crippen LogP contribution in [0.15, 0.2) is 6.07 Å². The van der Waals surface area contributed by atoms with Crippen LogP contribution in [0.1, 0.15) is 30.3 Å². The van der Waals surface area contributed by atoms with E-state index >= 15 is 0 Å². The van der Waals surface area contributed by atoms with E-state index in [2.05, 4.69) is 20.9 Å². The van der Waals surface area contributed by atoms with Crippen LogP contribution in [0.3, 0.4) is 0 Å². The van der Waals surface area contributed by atoms with Gasteiger partial charge in [0.2, 0.25) is 5.91 Å². The predicted octanol–water partition coefficient (Wildman–Crippen LogP) is 0.491. The van der Waals surface area contributed by atoms with Crippen LogP contribution < -0.4 is 10.6 Å². The number of aryl methyl sites for hydroxylation is 1. The van der Waals surface area contributed by atoms with E-state index in [9.17, 15) is 4.79 Å². The largest absolute Gasteiger partial charge is 0.394 e. The van der Waals surface area contributed by atoms with Crippen LogP contribution >= 0.6 is 24.8 Å². The fraction of sp³-hybridized carbons (Fsp3) is 0.706. The maximum absolute atomic E-state index is 12.1. The molecule has 10 heteroatoms. The summed E-state index contributed by atoms with van der Waals surface area (Å²) in [5.74, 6) is 1.89. The normalized spacial score (nSPS) is 19.1. The van der Waals surface area contributed by atoms with Gasteiger partial charge >= 0.3 is 0 Å². The third-order valence-corrected chi connectivity index (χ3v) is 4.92. The number of hydrogen-bond acceptors (Lipinski definition) is 7. The first kappa shape index (κ1) is 23.8. The molecule has 27 heavy (non-hydrogen) atoms. The number of rotatable bonds is 4. The van der Waals surface area contributed by atoms with Gasteiger partial charge in [-0.2, -0.15) is 0 Å². The molecule has 154 valence electrons. The Labute approximate surface area is 172 Å². The molecule has 2 fully saturated rings. The predicted molar refractivity (Wildman–Crippen MR) is 108 cm³/mol. The second-order valence-electron chi connectivity index (χ2n) is 6.69. The van der Waals surface area contributed by atoms with Gasteiger partial charge in [0, 0.05) is 43.9 Å². The number of carbonyl (C=O) groups is 1. The average Bonchev–Trinajstić information content (AvgIpc) is 2.67. The minimum atomic E-state index is -0.814. The Morgan fingerprint density at radius 1 is 1.26 bits per heavy atom. The summed E-state index contributed by atoms with van der Waals surface area (Å²) in [5, 5.41) is 9.05. The smallest absolute Gasteiger partial charge is 0.241 e. The Kier molecular flexibility index (Phi) is 9.69. The quantitative estimate of drug-likeness (QED) is 0.728. The van der Waals surface area contributed by atoms with Gasteiger partial charge in [-0.25, -0.2) is 9.97 Å². The van der Waals surface area contributed by atoms with Crippen molar-refractivity contribution in [1.82, 2.24) is 14.9 Å². The van der Waals surface area contributed by atoms with Gasteiger partial charge < -0.3 is 25.4 Å². The number of carbonyl (C=O) groups excluding carboxylic acids is 1. The van der Waals surface area contributed by atoms with Crippen LogP contribution in [-0.4, -0.2) is 77.9 Å². The molecule has 1 atom stereocenters. The number of aromatic nitrogens is 2. The van der Waals surface area contributed by atoms with E-state index in [0.29, 0.717) is 19.0 Å². The van der Waals surface area contributed by atoms with Crippen molar-refractivity contribution in [2.24, 2.45) is 5.73 Å². The van der Waals surface area contributed by atoms with E-state index < -0.39 is 6.04 Å². The first-order chi connectivity index (χ1) is 12.1. The molecule has 2 aliphatic rings. The summed E-state index contributed by atoms with van der Waals surface area (Å²) in [5.41, 5.74) is 6.69. The van der Waals surface area contributed by atoms with Crippen LogP contribution in [0.5, 0.6) is 0 Å². The van der Waals surface area contributed by atoms with Crippen LogP contribution in [0.25, 0.3) is 0 Å². The topological polar surface area (TPSA) is 105 Å². The molecule has 0 radical (unpaired) electrons. The van der Waals surface area contributed by atoms with Gasteiger partial charge in [-0.3, -0.25) is 4.79 Å². The standard InChI is InChI=1S/C17H27N5O3.2ClH/c1-12-19-15(10-16(20-12)21-6-8-25-9-7-21)13-2-4-22(5-3-13)17(24)14(18)11-23;;/h10,13-14,23H,2-9,11,18H2,1H3;2*1H/t14-;;/m1../s1. The summed E-state index contributed by atoms with van der Waals surface area (Å²) in [6.45, 7) is 6.05. The molecule has 0 unspecified atom stereocenters. The summed E-state index contributed by atoms with van der Waals surface area (Å²) in [4.78, 5) is 25.3. The number of likely N-dealkylation sites (tertiary alicyclic amines) is 1. The Bertz CT molecular complexity index is 608. The number of amides is 1. The first-order valence-electron chi connectivity index (χ1n) is 8.92. The lowest BCUT2D eigenvalue weighted by molar-refractivity contribution is -0.134. The number of ether oxygens (including phenoxy) is 1. The minimum Gasteiger partial charge on any atom is -0.394 e. The van der Waals surface area contributed by atoms with E-state index in [1.165, 1.54) is 0 Å². The zero-order valence-electron chi connectivity index (χ0n) is 15.5. The highest BCUT2D eigenvalue weighted by Gasteiger charge is 2.28. The van der Waals surface area contributed by atoms with Crippen molar-refractivity contribution >= 4 is 36.5 Å². The summed E-state index contributed by atoms with van der Waals surface area (Å²) >= 11 is 0. The van der Waals surface area contributed by atoms with Crippen molar-refractivity contribution in [3.63, 3.8) is 0 Å². The Hall–Kier alpha value is -1.19. The molecule has 0 spiro atoms. The number of nitrogens with zero attached hydrogens (tertiary/aromatic N) is 4. The van der Waals surface area contributed by atoms with Crippen molar-refractivity contribution in [2.75, 3.05) is 50.9 Å². The van der Waals surface area contributed by atoms with Crippen molar-refractivity contribution in [2.45, 2.75) is 31.7 Å². The molecular formula is C17H29Cl2N5O3. The first-order valence-corrected chi connectivity index (χ1v) is 8.92. The molecule has 2 saturated heterocycles. The third kappa shape index (κ3) is 5.89. The van der Waals surface area contributed by atoms with Gasteiger partial charge in [-0.1, -0.05) is 0 Å². The molecule has 1 amide bonds. The molecular weight excluding hydrogens is 393 g/mol. The van der Waals surface area contributed by atoms with Gasteiger partial charge in [0.25, 0.3) is 0 Å². The second-order valence-corrected chi connectivity index (χ2v) is 6.69. The van der Waals surface area contributed by atoms with Crippen molar-refractivity contribution in [1.29, 1.82) is 0 Å². The maximum Gasteiger partial charge on any atom is 0.241 e. The highest BCUT2D eigenvalue weighted by molar-refractivity contribution is 5.85. The summed E-state index contributed by atoms with van der Waals surface area (Å²) in [7, 11) is 0. The number of aliphatic hydroxyl groups excluding tert-OH is 1. The van der Waals surface area contributed by atoms with Gasteiger partial charge in [0.1, 0.15) is 17.7 Å². The summed E-state index contributed by atoms with van der Waals surface area (Å²) < 4.78 is 5.41. The molecule has 0 saturated carbocycles. The van der Waals surface area contributed by atoms with Crippen molar-refractivity contribution in [3.05, 3.63) is 17.6 Å². The zero-order valence-corrected chi connectivity index (χ0v) is 17.2. The van der Waals surface area contributed by atoms with E-state index in [4.69, 9.17) is 15.6 Å². The number of aliphatic hydroxyl groups is 1.